The Hall–Kier alpha value is -2.46. The summed E-state index contributed by atoms with van der Waals surface area (Å²) < 4.78 is 59.3. The van der Waals surface area contributed by atoms with Crippen molar-refractivity contribution in [1.82, 2.24) is 0 Å². The van der Waals surface area contributed by atoms with Gasteiger partial charge in [-0.25, -0.2) is 4.18 Å². The molecule has 0 bridgehead atoms. The molecule has 6 unspecified atom stereocenters. The van der Waals surface area contributed by atoms with Crippen molar-refractivity contribution in [2.75, 3.05) is 26.4 Å². The van der Waals surface area contributed by atoms with Crippen molar-refractivity contribution in [2.24, 2.45) is 0 Å². The molecule has 0 amide bonds. The van der Waals surface area contributed by atoms with Crippen LogP contribution in [0.4, 0.5) is 0 Å². The van der Waals surface area contributed by atoms with Gasteiger partial charge in [-0.3, -0.25) is 9.35 Å². The summed E-state index contributed by atoms with van der Waals surface area (Å²) in [6.07, 6.45) is 50.7. The summed E-state index contributed by atoms with van der Waals surface area (Å²) in [6.45, 7) is 3.85. The van der Waals surface area contributed by atoms with E-state index in [-0.39, 0.29) is 19.6 Å². The van der Waals surface area contributed by atoms with E-state index in [1.54, 1.807) is 0 Å². The molecular weight excluding hydrogens is 885 g/mol. The van der Waals surface area contributed by atoms with Crippen LogP contribution in [0, 0.1) is 0 Å². The normalized spacial score (nSPS) is 19.9. The van der Waals surface area contributed by atoms with E-state index in [1.807, 2.05) is 0 Å². The first-order valence-corrected chi connectivity index (χ1v) is 28.1. The SMILES string of the molecule is CC/C=C\C/C=C\C/C=C\CCCCCCCCCC(=O)OC(COCCCCCCCCCCC/C=C\C/C=C\C/C=C\CCCCCCC)COC1OC(CO)C(O)C(OS(=O)(=O)O)C1O. The summed E-state index contributed by atoms with van der Waals surface area (Å²) in [6, 6.07) is 0. The Kier molecular flexibility index (Phi) is 42.7. The average Bonchev–Trinajstić information content (AvgIpc) is 3.31. The molecule has 1 aliphatic heterocycles. The molecule has 13 heteroatoms. The minimum absolute atomic E-state index is 0.0247. The number of ether oxygens (including phenoxy) is 4. The largest absolute Gasteiger partial charge is 0.457 e. The predicted octanol–water partition coefficient (Wildman–Crippen LogP) is 12.6. The maximum atomic E-state index is 12.9. The molecule has 0 aromatic rings. The van der Waals surface area contributed by atoms with Crippen LogP contribution >= 0.6 is 0 Å². The number of carbonyl (C=O) groups is 1. The Morgan fingerprint density at radius 3 is 1.49 bits per heavy atom. The Bertz CT molecular complexity index is 1460. The molecule has 0 spiro atoms. The Balaban J connectivity index is 2.34. The topological polar surface area (TPSA) is 178 Å². The van der Waals surface area contributed by atoms with E-state index in [0.29, 0.717) is 13.0 Å². The van der Waals surface area contributed by atoms with E-state index in [1.165, 1.54) is 89.9 Å². The van der Waals surface area contributed by atoms with Crippen LogP contribution in [0.1, 0.15) is 206 Å². The third-order valence-corrected chi connectivity index (χ3v) is 12.3. The zero-order valence-electron chi connectivity index (χ0n) is 42.4. The smallest absolute Gasteiger partial charge is 0.397 e. The van der Waals surface area contributed by atoms with Crippen molar-refractivity contribution >= 4 is 16.4 Å². The number of esters is 1. The number of aliphatic hydroxyl groups is 3. The van der Waals surface area contributed by atoms with Gasteiger partial charge in [0.15, 0.2) is 6.29 Å². The molecule has 0 aliphatic carbocycles. The fourth-order valence-electron chi connectivity index (χ4n) is 7.81. The van der Waals surface area contributed by atoms with Crippen LogP contribution in [0.15, 0.2) is 72.9 Å². The van der Waals surface area contributed by atoms with Crippen molar-refractivity contribution in [1.29, 1.82) is 0 Å². The Morgan fingerprint density at radius 1 is 0.574 bits per heavy atom. The predicted molar refractivity (Wildman–Crippen MR) is 276 cm³/mol. The second-order valence-corrected chi connectivity index (χ2v) is 19.1. The molecule has 6 atom stereocenters. The van der Waals surface area contributed by atoms with E-state index < -0.39 is 59.8 Å². The third-order valence-electron chi connectivity index (χ3n) is 11.8. The fourth-order valence-corrected chi connectivity index (χ4v) is 8.32. The molecule has 0 radical (unpaired) electrons. The number of unbranched alkanes of at least 4 members (excludes halogenated alkanes) is 21. The molecule has 1 rings (SSSR count). The first kappa shape index (κ1) is 63.6. The minimum atomic E-state index is -5.07. The van der Waals surface area contributed by atoms with E-state index >= 15 is 0 Å². The number of allylic oxidation sites excluding steroid dienone is 12. The number of hydrogen-bond acceptors (Lipinski definition) is 11. The van der Waals surface area contributed by atoms with Gasteiger partial charge in [0.2, 0.25) is 0 Å². The van der Waals surface area contributed by atoms with Crippen molar-refractivity contribution in [3.05, 3.63) is 72.9 Å². The van der Waals surface area contributed by atoms with Crippen molar-refractivity contribution < 1.29 is 56.2 Å². The molecule has 12 nitrogen and oxygen atoms in total. The monoisotopic (exact) mass is 981 g/mol. The summed E-state index contributed by atoms with van der Waals surface area (Å²) in [5, 5.41) is 30.8. The number of aliphatic hydroxyl groups excluding tert-OH is 3. The number of carbonyl (C=O) groups excluding carboxylic acids is 1. The highest BCUT2D eigenvalue weighted by Crippen LogP contribution is 2.26. The van der Waals surface area contributed by atoms with E-state index in [9.17, 15) is 33.1 Å². The summed E-state index contributed by atoms with van der Waals surface area (Å²) in [4.78, 5) is 12.9. The zero-order chi connectivity index (χ0) is 49.6. The van der Waals surface area contributed by atoms with Crippen LogP contribution in [0.2, 0.25) is 0 Å². The third kappa shape index (κ3) is 38.3. The lowest BCUT2D eigenvalue weighted by Crippen LogP contribution is -2.60. The first-order valence-electron chi connectivity index (χ1n) is 26.7. The van der Waals surface area contributed by atoms with E-state index in [0.717, 1.165) is 89.9 Å². The quantitative estimate of drug-likeness (QED) is 0.0197. The molecule has 394 valence electrons. The molecule has 1 aliphatic rings. The van der Waals surface area contributed by atoms with Gasteiger partial charge in [-0.05, 0) is 83.5 Å². The zero-order valence-corrected chi connectivity index (χ0v) is 43.2. The molecule has 1 heterocycles. The van der Waals surface area contributed by atoms with Gasteiger partial charge in [0.05, 0.1) is 19.8 Å². The molecule has 1 saturated heterocycles. The van der Waals surface area contributed by atoms with Crippen molar-refractivity contribution in [2.45, 2.75) is 243 Å². The van der Waals surface area contributed by atoms with Crippen LogP contribution in [0.3, 0.4) is 0 Å². The van der Waals surface area contributed by atoms with Gasteiger partial charge in [0.25, 0.3) is 0 Å². The molecular formula is C55H96O12S. The number of hydrogen-bond donors (Lipinski definition) is 4. The highest BCUT2D eigenvalue weighted by Gasteiger charge is 2.48. The average molecular weight is 981 g/mol. The van der Waals surface area contributed by atoms with Crippen LogP contribution < -0.4 is 0 Å². The Morgan fingerprint density at radius 2 is 1.01 bits per heavy atom. The van der Waals surface area contributed by atoms with Gasteiger partial charge in [-0.15, -0.1) is 0 Å². The molecule has 0 aromatic carbocycles. The standard InChI is InChI=1S/C55H96O12S/c1-3-5-7-9-11-13-15-17-19-21-22-23-24-25-26-27-29-31-33-35-37-39-41-43-45-63-47-49(48-64-55-53(59)54(67-68(60,61)62)52(58)50(46-56)66-55)65-51(57)44-42-40-38-36-34-32-30-28-20-18-16-14-12-10-8-6-4-2/h6,8,12,14-15,17-18,20-22,24-25,49-50,52-56,58-59H,3-5,7,9-11,13,16,19,23,26-48H2,1-2H3,(H,60,61,62)/b8-6-,14-12-,17-15-,20-18-,22-21-,25-24-. The lowest BCUT2D eigenvalue weighted by molar-refractivity contribution is -0.301. The molecule has 1 fully saturated rings. The van der Waals surface area contributed by atoms with Crippen LogP contribution in [-0.2, 0) is 38.3 Å². The molecule has 4 N–H and O–H groups in total. The lowest BCUT2D eigenvalue weighted by atomic mass is 9.99. The molecule has 68 heavy (non-hydrogen) atoms. The van der Waals surface area contributed by atoms with Crippen molar-refractivity contribution in [3.63, 3.8) is 0 Å². The van der Waals surface area contributed by atoms with Gasteiger partial charge < -0.3 is 34.3 Å². The van der Waals surface area contributed by atoms with Crippen LogP contribution in [-0.4, -0.2) is 97.5 Å². The summed E-state index contributed by atoms with van der Waals surface area (Å²) in [5.41, 5.74) is 0. The van der Waals surface area contributed by atoms with Gasteiger partial charge in [0.1, 0.15) is 30.5 Å². The lowest BCUT2D eigenvalue weighted by Gasteiger charge is -2.41. The van der Waals surface area contributed by atoms with Gasteiger partial charge in [-0.2, -0.15) is 8.42 Å². The fraction of sp³-hybridized carbons (Fsp3) is 0.764. The molecule has 0 saturated carbocycles. The second-order valence-electron chi connectivity index (χ2n) is 18.1. The van der Waals surface area contributed by atoms with Gasteiger partial charge >= 0.3 is 16.4 Å². The minimum Gasteiger partial charge on any atom is -0.457 e. The van der Waals surface area contributed by atoms with Gasteiger partial charge in [0, 0.05) is 13.0 Å². The van der Waals surface area contributed by atoms with Crippen molar-refractivity contribution in [3.8, 4) is 0 Å². The van der Waals surface area contributed by atoms with Gasteiger partial charge in [-0.1, -0.05) is 189 Å². The summed E-state index contributed by atoms with van der Waals surface area (Å²) >= 11 is 0. The number of rotatable bonds is 46. The van der Waals surface area contributed by atoms with E-state index in [4.69, 9.17) is 18.9 Å². The summed E-state index contributed by atoms with van der Waals surface area (Å²) in [7, 11) is -5.07. The maximum Gasteiger partial charge on any atom is 0.397 e. The first-order chi connectivity index (χ1) is 33.1. The maximum absolute atomic E-state index is 12.9. The molecule has 0 aromatic heterocycles. The summed E-state index contributed by atoms with van der Waals surface area (Å²) in [5.74, 6) is -0.413. The Labute approximate surface area is 413 Å². The highest BCUT2D eigenvalue weighted by molar-refractivity contribution is 7.80. The second kappa shape index (κ2) is 45.7. The van der Waals surface area contributed by atoms with Crippen LogP contribution in [0.25, 0.3) is 0 Å². The van der Waals surface area contributed by atoms with E-state index in [2.05, 4.69) is 90.9 Å². The highest BCUT2D eigenvalue weighted by atomic mass is 32.3. The van der Waals surface area contributed by atoms with Crippen LogP contribution in [0.5, 0.6) is 0 Å².